The van der Waals surface area contributed by atoms with Crippen molar-refractivity contribution in [3.8, 4) is 0 Å². The van der Waals surface area contributed by atoms with Crippen molar-refractivity contribution in [1.29, 1.82) is 0 Å². The maximum absolute atomic E-state index is 11.1. The number of hydrogen-bond donors (Lipinski definition) is 1. The molecule has 1 rings (SSSR count). The molecule has 0 saturated carbocycles. The summed E-state index contributed by atoms with van der Waals surface area (Å²) in [7, 11) is 0. The number of amides is 1. The number of carbonyl (C=O) groups is 1. The Morgan fingerprint density at radius 1 is 1.43 bits per heavy atom. The predicted octanol–water partition coefficient (Wildman–Crippen LogP) is 1.52. The van der Waals surface area contributed by atoms with Crippen LogP contribution >= 0.6 is 0 Å². The highest BCUT2D eigenvalue weighted by atomic mass is 16.6. The average molecular weight is 194 g/mol. The Morgan fingerprint density at radius 2 is 2.07 bits per heavy atom. The highest BCUT2D eigenvalue weighted by Crippen LogP contribution is 2.01. The van der Waals surface area contributed by atoms with Crippen LogP contribution < -0.4 is 5.84 Å². The third-order valence-electron chi connectivity index (χ3n) is 1.70. The van der Waals surface area contributed by atoms with Crippen LogP contribution in [0.1, 0.15) is 12.5 Å². The van der Waals surface area contributed by atoms with Crippen molar-refractivity contribution in [2.75, 3.05) is 6.61 Å². The van der Waals surface area contributed by atoms with E-state index in [1.54, 1.807) is 6.92 Å². The fourth-order valence-electron chi connectivity index (χ4n) is 1.05. The van der Waals surface area contributed by atoms with Gasteiger partial charge in [0.2, 0.25) is 0 Å². The molecule has 0 spiro atoms. The highest BCUT2D eigenvalue weighted by Gasteiger charge is 2.09. The summed E-state index contributed by atoms with van der Waals surface area (Å²) < 4.78 is 4.74. The van der Waals surface area contributed by atoms with E-state index < -0.39 is 6.09 Å². The van der Waals surface area contributed by atoms with Crippen molar-refractivity contribution in [2.24, 2.45) is 5.84 Å². The molecule has 76 valence electrons. The van der Waals surface area contributed by atoms with Crippen molar-refractivity contribution < 1.29 is 9.53 Å². The molecule has 0 saturated heterocycles. The van der Waals surface area contributed by atoms with E-state index in [1.807, 2.05) is 30.3 Å². The summed E-state index contributed by atoms with van der Waals surface area (Å²) >= 11 is 0. The van der Waals surface area contributed by atoms with Gasteiger partial charge < -0.3 is 4.74 Å². The van der Waals surface area contributed by atoms with Gasteiger partial charge in [0.1, 0.15) is 0 Å². The van der Waals surface area contributed by atoms with Gasteiger partial charge in [0.15, 0.2) is 0 Å². The first kappa shape index (κ1) is 10.5. The molecule has 2 N–H and O–H groups in total. The van der Waals surface area contributed by atoms with Crippen molar-refractivity contribution in [1.82, 2.24) is 5.01 Å². The molecule has 4 nitrogen and oxygen atoms in total. The van der Waals surface area contributed by atoms with E-state index in [1.165, 1.54) is 0 Å². The van der Waals surface area contributed by atoms with E-state index in [0.29, 0.717) is 13.2 Å². The molecule has 4 heteroatoms. The first-order valence-electron chi connectivity index (χ1n) is 4.47. The lowest BCUT2D eigenvalue weighted by Gasteiger charge is -2.15. The minimum Gasteiger partial charge on any atom is -0.449 e. The molecule has 1 aromatic carbocycles. The quantitative estimate of drug-likeness (QED) is 0.451. The third-order valence-corrected chi connectivity index (χ3v) is 1.70. The number of hydrazine groups is 1. The number of nitrogens with zero attached hydrogens (tertiary/aromatic N) is 1. The summed E-state index contributed by atoms with van der Waals surface area (Å²) in [5.74, 6) is 5.49. The van der Waals surface area contributed by atoms with Crippen LogP contribution in [0.5, 0.6) is 0 Å². The van der Waals surface area contributed by atoms with E-state index in [-0.39, 0.29) is 0 Å². The lowest BCUT2D eigenvalue weighted by Crippen LogP contribution is -2.37. The number of rotatable bonds is 3. The normalized spacial score (nSPS) is 9.57. The highest BCUT2D eigenvalue weighted by molar-refractivity contribution is 5.66. The zero-order valence-corrected chi connectivity index (χ0v) is 8.14. The maximum Gasteiger partial charge on any atom is 0.424 e. The molecule has 0 atom stereocenters. The Balaban J connectivity index is 2.49. The van der Waals surface area contributed by atoms with Crippen LogP contribution in [-0.4, -0.2) is 17.7 Å². The van der Waals surface area contributed by atoms with Gasteiger partial charge in [0, 0.05) is 0 Å². The van der Waals surface area contributed by atoms with Crippen LogP contribution in [0.4, 0.5) is 4.79 Å². The molecule has 0 aliphatic carbocycles. The number of nitrogens with two attached hydrogens (primary N) is 1. The van der Waals surface area contributed by atoms with Crippen LogP contribution in [0, 0.1) is 0 Å². The van der Waals surface area contributed by atoms with E-state index in [2.05, 4.69) is 0 Å². The molecule has 0 aliphatic heterocycles. The molecule has 0 heterocycles. The first-order chi connectivity index (χ1) is 6.74. The van der Waals surface area contributed by atoms with Crippen molar-refractivity contribution in [2.45, 2.75) is 13.5 Å². The Kier molecular flexibility index (Phi) is 3.94. The molecular formula is C10H14N2O2. The Morgan fingerprint density at radius 3 is 2.64 bits per heavy atom. The molecular weight excluding hydrogens is 180 g/mol. The number of carbonyl (C=O) groups excluding carboxylic acids is 1. The largest absolute Gasteiger partial charge is 0.449 e. The van der Waals surface area contributed by atoms with E-state index >= 15 is 0 Å². The Bertz CT molecular complexity index is 287. The maximum atomic E-state index is 11.1. The van der Waals surface area contributed by atoms with Gasteiger partial charge in [-0.25, -0.2) is 15.6 Å². The summed E-state index contributed by atoms with van der Waals surface area (Å²) in [5, 5.41) is 1.05. The predicted molar refractivity (Wildman–Crippen MR) is 53.2 cm³/mol. The Labute approximate surface area is 83.2 Å². The number of benzene rings is 1. The molecule has 0 fully saturated rings. The summed E-state index contributed by atoms with van der Waals surface area (Å²) in [6.07, 6.45) is -0.503. The van der Waals surface area contributed by atoms with E-state index in [0.717, 1.165) is 10.6 Å². The van der Waals surface area contributed by atoms with Crippen LogP contribution in [0.15, 0.2) is 30.3 Å². The van der Waals surface area contributed by atoms with Gasteiger partial charge in [-0.3, -0.25) is 0 Å². The fraction of sp³-hybridized carbons (Fsp3) is 0.300. The van der Waals surface area contributed by atoms with Crippen molar-refractivity contribution in [3.63, 3.8) is 0 Å². The number of ether oxygens (including phenoxy) is 1. The number of hydrogen-bond acceptors (Lipinski definition) is 3. The summed E-state index contributed by atoms with van der Waals surface area (Å²) in [5.41, 5.74) is 0.975. The van der Waals surface area contributed by atoms with Gasteiger partial charge in [-0.15, -0.1) is 0 Å². The van der Waals surface area contributed by atoms with Gasteiger partial charge in [0.25, 0.3) is 0 Å². The molecule has 0 unspecified atom stereocenters. The van der Waals surface area contributed by atoms with Gasteiger partial charge in [-0.2, -0.15) is 0 Å². The van der Waals surface area contributed by atoms with E-state index in [9.17, 15) is 4.79 Å². The molecule has 0 radical (unpaired) electrons. The molecule has 0 aromatic heterocycles. The molecule has 14 heavy (non-hydrogen) atoms. The SMILES string of the molecule is CCOC(=O)N(N)Cc1ccccc1. The second-order valence-corrected chi connectivity index (χ2v) is 2.81. The van der Waals surface area contributed by atoms with Gasteiger partial charge >= 0.3 is 6.09 Å². The van der Waals surface area contributed by atoms with Gasteiger partial charge in [-0.1, -0.05) is 30.3 Å². The topological polar surface area (TPSA) is 55.6 Å². The van der Waals surface area contributed by atoms with Crippen molar-refractivity contribution in [3.05, 3.63) is 35.9 Å². The first-order valence-corrected chi connectivity index (χ1v) is 4.47. The summed E-state index contributed by atoms with van der Waals surface area (Å²) in [4.78, 5) is 11.1. The monoisotopic (exact) mass is 194 g/mol. The molecule has 0 bridgehead atoms. The fourth-order valence-corrected chi connectivity index (χ4v) is 1.05. The minimum atomic E-state index is -0.503. The van der Waals surface area contributed by atoms with Crippen LogP contribution in [0.25, 0.3) is 0 Å². The summed E-state index contributed by atoms with van der Waals surface area (Å²) in [6.45, 7) is 2.44. The van der Waals surface area contributed by atoms with Crippen LogP contribution in [-0.2, 0) is 11.3 Å². The van der Waals surface area contributed by atoms with Gasteiger partial charge in [0.05, 0.1) is 13.2 Å². The lowest BCUT2D eigenvalue weighted by atomic mass is 10.2. The van der Waals surface area contributed by atoms with Crippen LogP contribution in [0.3, 0.4) is 0 Å². The second-order valence-electron chi connectivity index (χ2n) is 2.81. The molecule has 0 aliphatic rings. The molecule has 1 amide bonds. The minimum absolute atomic E-state index is 0.335. The lowest BCUT2D eigenvalue weighted by molar-refractivity contribution is 0.105. The van der Waals surface area contributed by atoms with Crippen molar-refractivity contribution >= 4 is 6.09 Å². The zero-order chi connectivity index (χ0) is 10.4. The standard InChI is InChI=1S/C10H14N2O2/c1-2-14-10(13)12(11)8-9-6-4-3-5-7-9/h3-7H,2,8,11H2,1H3. The van der Waals surface area contributed by atoms with Gasteiger partial charge in [-0.05, 0) is 12.5 Å². The smallest absolute Gasteiger partial charge is 0.424 e. The average Bonchev–Trinajstić information content (AvgIpc) is 2.19. The summed E-state index contributed by atoms with van der Waals surface area (Å²) in [6, 6.07) is 9.51. The second kappa shape index (κ2) is 5.24. The van der Waals surface area contributed by atoms with Crippen LogP contribution in [0.2, 0.25) is 0 Å². The molecule has 1 aromatic rings. The Hall–Kier alpha value is -1.55. The third kappa shape index (κ3) is 3.06. The van der Waals surface area contributed by atoms with E-state index in [4.69, 9.17) is 10.6 Å². The zero-order valence-electron chi connectivity index (χ0n) is 8.14.